The van der Waals surface area contributed by atoms with Gasteiger partial charge in [-0.1, -0.05) is 36.4 Å². The number of phenols is 1. The molecular formula is C15H13NO2. The maximum atomic E-state index is 10.8. The number of aromatic nitrogens is 1. The summed E-state index contributed by atoms with van der Waals surface area (Å²) in [7, 11) is 0. The van der Waals surface area contributed by atoms with Gasteiger partial charge in [-0.15, -0.1) is 0 Å². The van der Waals surface area contributed by atoms with Crippen molar-refractivity contribution in [2.75, 3.05) is 0 Å². The molecule has 0 amide bonds. The molecule has 0 fully saturated rings. The smallest absolute Gasteiger partial charge is 0.248 e. The van der Waals surface area contributed by atoms with Crippen LogP contribution < -0.4 is 5.56 Å². The molecule has 0 atom stereocenters. The third-order valence-electron chi connectivity index (χ3n) is 2.39. The minimum atomic E-state index is -0.0521. The summed E-state index contributed by atoms with van der Waals surface area (Å²) in [5.74, 6) is 0.322. The molecule has 18 heavy (non-hydrogen) atoms. The summed E-state index contributed by atoms with van der Waals surface area (Å²) >= 11 is 0. The van der Waals surface area contributed by atoms with Crippen molar-refractivity contribution in [3.05, 3.63) is 77.1 Å². The molecule has 3 rings (SSSR count). The quantitative estimate of drug-likeness (QED) is 0.633. The fourth-order valence-corrected chi connectivity index (χ4v) is 1.52. The van der Waals surface area contributed by atoms with E-state index in [9.17, 15) is 4.79 Å². The molecule has 0 saturated heterocycles. The number of H-pyrrole nitrogens is 1. The van der Waals surface area contributed by atoms with Crippen LogP contribution in [-0.4, -0.2) is 10.1 Å². The van der Waals surface area contributed by atoms with Gasteiger partial charge in [-0.25, -0.2) is 0 Å². The van der Waals surface area contributed by atoms with Gasteiger partial charge in [0.25, 0.3) is 0 Å². The molecular weight excluding hydrogens is 226 g/mol. The van der Waals surface area contributed by atoms with Gasteiger partial charge in [0, 0.05) is 11.6 Å². The summed E-state index contributed by atoms with van der Waals surface area (Å²) in [6, 6.07) is 19.8. The molecule has 90 valence electrons. The summed E-state index contributed by atoms with van der Waals surface area (Å²) in [6.45, 7) is 0. The van der Waals surface area contributed by atoms with Crippen LogP contribution in [0.25, 0.3) is 10.9 Å². The monoisotopic (exact) mass is 239 g/mol. The highest BCUT2D eigenvalue weighted by molar-refractivity contribution is 5.77. The van der Waals surface area contributed by atoms with Crippen molar-refractivity contribution in [3.63, 3.8) is 0 Å². The summed E-state index contributed by atoms with van der Waals surface area (Å²) in [5, 5.41) is 9.69. The lowest BCUT2D eigenvalue weighted by Crippen LogP contribution is -2.01. The number of rotatable bonds is 0. The zero-order valence-corrected chi connectivity index (χ0v) is 9.71. The first kappa shape index (κ1) is 11.9. The van der Waals surface area contributed by atoms with Crippen LogP contribution in [0.3, 0.4) is 0 Å². The van der Waals surface area contributed by atoms with E-state index < -0.39 is 0 Å². The molecule has 1 heterocycles. The zero-order chi connectivity index (χ0) is 12.8. The van der Waals surface area contributed by atoms with Gasteiger partial charge in [-0.05, 0) is 29.7 Å². The normalized spacial score (nSPS) is 9.56. The van der Waals surface area contributed by atoms with Crippen LogP contribution in [0.15, 0.2) is 71.5 Å². The first-order valence-corrected chi connectivity index (χ1v) is 5.58. The van der Waals surface area contributed by atoms with Crippen LogP contribution in [0.5, 0.6) is 5.75 Å². The summed E-state index contributed by atoms with van der Waals surface area (Å²) in [4.78, 5) is 13.6. The minimum Gasteiger partial charge on any atom is -0.508 e. The maximum Gasteiger partial charge on any atom is 0.248 e. The molecule has 2 aromatic carbocycles. The predicted molar refractivity (Wildman–Crippen MR) is 72.7 cm³/mol. The molecule has 0 aliphatic rings. The van der Waals surface area contributed by atoms with Crippen LogP contribution in [-0.2, 0) is 0 Å². The van der Waals surface area contributed by atoms with Crippen LogP contribution in [0.1, 0.15) is 0 Å². The Labute approximate surface area is 104 Å². The van der Waals surface area contributed by atoms with Gasteiger partial charge in [0.05, 0.1) is 0 Å². The van der Waals surface area contributed by atoms with Gasteiger partial charge in [-0.3, -0.25) is 4.79 Å². The second-order valence-corrected chi connectivity index (χ2v) is 3.75. The molecule has 0 saturated carbocycles. The number of para-hydroxylation sites is 2. The van der Waals surface area contributed by atoms with E-state index in [2.05, 4.69) is 4.98 Å². The first-order valence-electron chi connectivity index (χ1n) is 5.58. The number of nitrogens with one attached hydrogen (secondary N) is 1. The number of fused-ring (bicyclic) bond motifs is 1. The molecule has 2 N–H and O–H groups in total. The highest BCUT2D eigenvalue weighted by Crippen LogP contribution is 2.06. The average molecular weight is 239 g/mol. The molecule has 3 nitrogen and oxygen atoms in total. The van der Waals surface area contributed by atoms with Crippen molar-refractivity contribution in [2.45, 2.75) is 0 Å². The SMILES string of the molecule is O=c1ccc2ccccc2[nH]1.Oc1ccccc1. The van der Waals surface area contributed by atoms with E-state index in [0.717, 1.165) is 10.9 Å². The number of aromatic hydroxyl groups is 1. The third kappa shape index (κ3) is 3.22. The van der Waals surface area contributed by atoms with Crippen molar-refractivity contribution in [2.24, 2.45) is 0 Å². The van der Waals surface area contributed by atoms with Crippen molar-refractivity contribution in [3.8, 4) is 5.75 Å². The second kappa shape index (κ2) is 5.68. The minimum absolute atomic E-state index is 0.0521. The fourth-order valence-electron chi connectivity index (χ4n) is 1.52. The van der Waals surface area contributed by atoms with Crippen LogP contribution in [0.2, 0.25) is 0 Å². The van der Waals surface area contributed by atoms with Gasteiger partial charge < -0.3 is 10.1 Å². The lowest BCUT2D eigenvalue weighted by Gasteiger charge is -1.93. The highest BCUT2D eigenvalue weighted by atomic mass is 16.3. The van der Waals surface area contributed by atoms with Gasteiger partial charge >= 0.3 is 0 Å². The predicted octanol–water partition coefficient (Wildman–Crippen LogP) is 2.92. The molecule has 3 heteroatoms. The van der Waals surface area contributed by atoms with Crippen LogP contribution >= 0.6 is 0 Å². The van der Waals surface area contributed by atoms with Crippen LogP contribution in [0, 0.1) is 0 Å². The standard InChI is InChI=1S/C9H7NO.C6H6O/c11-9-6-5-7-3-1-2-4-8(7)10-9;7-6-4-2-1-3-5-6/h1-6H,(H,10,11);1-5,7H. The molecule has 0 aliphatic carbocycles. The number of aromatic amines is 1. The van der Waals surface area contributed by atoms with Gasteiger partial charge in [0.15, 0.2) is 0 Å². The number of phenolic OH excluding ortho intramolecular Hbond substituents is 1. The Kier molecular flexibility index (Phi) is 3.76. The molecule has 3 aromatic rings. The van der Waals surface area contributed by atoms with Crippen molar-refractivity contribution < 1.29 is 5.11 Å². The number of benzene rings is 2. The van der Waals surface area contributed by atoms with E-state index >= 15 is 0 Å². The molecule has 0 bridgehead atoms. The average Bonchev–Trinajstić information content (AvgIpc) is 2.40. The summed E-state index contributed by atoms with van der Waals surface area (Å²) in [6.07, 6.45) is 0. The van der Waals surface area contributed by atoms with Crippen molar-refractivity contribution in [1.29, 1.82) is 0 Å². The van der Waals surface area contributed by atoms with E-state index in [1.165, 1.54) is 6.07 Å². The Morgan fingerprint density at radius 2 is 1.44 bits per heavy atom. The van der Waals surface area contributed by atoms with Gasteiger partial charge in [0.1, 0.15) is 5.75 Å². The van der Waals surface area contributed by atoms with E-state index in [1.54, 1.807) is 24.3 Å². The Bertz CT molecular complexity index is 674. The van der Waals surface area contributed by atoms with E-state index in [-0.39, 0.29) is 5.56 Å². The number of hydrogen-bond donors (Lipinski definition) is 2. The number of hydrogen-bond acceptors (Lipinski definition) is 2. The van der Waals surface area contributed by atoms with Gasteiger partial charge in [0.2, 0.25) is 5.56 Å². The van der Waals surface area contributed by atoms with E-state index in [4.69, 9.17) is 5.11 Å². The van der Waals surface area contributed by atoms with Crippen LogP contribution in [0.4, 0.5) is 0 Å². The van der Waals surface area contributed by atoms with Gasteiger partial charge in [-0.2, -0.15) is 0 Å². The summed E-state index contributed by atoms with van der Waals surface area (Å²) in [5.41, 5.74) is 0.837. The largest absolute Gasteiger partial charge is 0.508 e. The Morgan fingerprint density at radius 3 is 2.11 bits per heavy atom. The Hall–Kier alpha value is -2.55. The second-order valence-electron chi connectivity index (χ2n) is 3.75. The van der Waals surface area contributed by atoms with Crippen molar-refractivity contribution >= 4 is 10.9 Å². The lowest BCUT2D eigenvalue weighted by molar-refractivity contribution is 0.475. The van der Waals surface area contributed by atoms with E-state index in [1.807, 2.05) is 36.4 Å². The maximum absolute atomic E-state index is 10.8. The molecule has 0 radical (unpaired) electrons. The third-order valence-corrected chi connectivity index (χ3v) is 2.39. The Morgan fingerprint density at radius 1 is 0.778 bits per heavy atom. The topological polar surface area (TPSA) is 53.1 Å². The highest BCUT2D eigenvalue weighted by Gasteiger charge is 1.89. The Balaban J connectivity index is 0.000000149. The van der Waals surface area contributed by atoms with Crippen molar-refractivity contribution in [1.82, 2.24) is 4.98 Å². The first-order chi connectivity index (χ1) is 8.75. The molecule has 0 aliphatic heterocycles. The zero-order valence-electron chi connectivity index (χ0n) is 9.71. The lowest BCUT2D eigenvalue weighted by atomic mass is 10.2. The fraction of sp³-hybridized carbons (Fsp3) is 0. The molecule has 1 aromatic heterocycles. The molecule has 0 spiro atoms. The number of pyridine rings is 1. The summed E-state index contributed by atoms with van der Waals surface area (Å²) < 4.78 is 0. The molecule has 0 unspecified atom stereocenters. The van der Waals surface area contributed by atoms with E-state index in [0.29, 0.717) is 5.75 Å².